The zero-order valence-electron chi connectivity index (χ0n) is 11.1. The number of hydrogen-bond acceptors (Lipinski definition) is 2. The number of benzene rings is 1. The summed E-state index contributed by atoms with van der Waals surface area (Å²) in [6, 6.07) is 6.54. The van der Waals surface area contributed by atoms with Gasteiger partial charge in [-0.3, -0.25) is 0 Å². The molecule has 0 aliphatic heterocycles. The zero-order chi connectivity index (χ0) is 12.5. The van der Waals surface area contributed by atoms with Crippen LogP contribution in [-0.4, -0.2) is 18.8 Å². The molecule has 0 radical (unpaired) electrons. The van der Waals surface area contributed by atoms with E-state index >= 15 is 0 Å². The molecule has 2 N–H and O–H groups in total. The van der Waals surface area contributed by atoms with Gasteiger partial charge in [0.2, 0.25) is 0 Å². The Morgan fingerprint density at radius 2 is 1.88 bits per heavy atom. The van der Waals surface area contributed by atoms with Crippen molar-refractivity contribution in [3.63, 3.8) is 0 Å². The van der Waals surface area contributed by atoms with Crippen molar-refractivity contribution in [3.8, 4) is 0 Å². The molecule has 1 aliphatic rings. The van der Waals surface area contributed by atoms with Gasteiger partial charge in [0.05, 0.1) is 5.60 Å². The van der Waals surface area contributed by atoms with E-state index in [1.54, 1.807) is 7.11 Å². The lowest BCUT2D eigenvalue weighted by atomic mass is 9.72. The van der Waals surface area contributed by atoms with Gasteiger partial charge in [-0.1, -0.05) is 18.2 Å². The van der Waals surface area contributed by atoms with Gasteiger partial charge in [0.25, 0.3) is 0 Å². The summed E-state index contributed by atoms with van der Waals surface area (Å²) in [7, 11) is 1.80. The number of ether oxygens (including phenoxy) is 1. The fraction of sp³-hybridized carbons (Fsp3) is 0.600. The highest BCUT2D eigenvalue weighted by Gasteiger charge is 2.42. The van der Waals surface area contributed by atoms with E-state index in [0.29, 0.717) is 0 Å². The zero-order valence-corrected chi connectivity index (χ0v) is 11.1. The van der Waals surface area contributed by atoms with Gasteiger partial charge in [0.15, 0.2) is 0 Å². The highest BCUT2D eigenvalue weighted by atomic mass is 16.5. The SMILES string of the molecule is COC1(C(N)Cc2c(C)cccc2C)CCC1. The van der Waals surface area contributed by atoms with Crippen LogP contribution in [0, 0.1) is 13.8 Å². The van der Waals surface area contributed by atoms with E-state index in [4.69, 9.17) is 10.5 Å². The van der Waals surface area contributed by atoms with E-state index in [0.717, 1.165) is 19.3 Å². The molecule has 1 aromatic rings. The van der Waals surface area contributed by atoms with Crippen molar-refractivity contribution < 1.29 is 4.74 Å². The number of methoxy groups -OCH3 is 1. The van der Waals surface area contributed by atoms with Crippen LogP contribution in [0.3, 0.4) is 0 Å². The molecule has 2 rings (SSSR count). The van der Waals surface area contributed by atoms with Crippen LogP contribution >= 0.6 is 0 Å². The molecule has 1 aliphatic carbocycles. The lowest BCUT2D eigenvalue weighted by Crippen LogP contribution is -2.55. The summed E-state index contributed by atoms with van der Waals surface area (Å²) in [6.45, 7) is 4.32. The molecule has 0 amide bonds. The summed E-state index contributed by atoms with van der Waals surface area (Å²) in [6.07, 6.45) is 4.38. The Balaban J connectivity index is 2.15. The van der Waals surface area contributed by atoms with Crippen LogP contribution in [0.5, 0.6) is 0 Å². The van der Waals surface area contributed by atoms with Crippen molar-refractivity contribution >= 4 is 0 Å². The van der Waals surface area contributed by atoms with Gasteiger partial charge in [-0.15, -0.1) is 0 Å². The lowest BCUT2D eigenvalue weighted by Gasteiger charge is -2.45. The average Bonchev–Trinajstić information content (AvgIpc) is 2.23. The topological polar surface area (TPSA) is 35.2 Å². The van der Waals surface area contributed by atoms with Gasteiger partial charge >= 0.3 is 0 Å². The van der Waals surface area contributed by atoms with Crippen LogP contribution in [-0.2, 0) is 11.2 Å². The number of hydrogen-bond donors (Lipinski definition) is 1. The van der Waals surface area contributed by atoms with Gasteiger partial charge in [0, 0.05) is 13.2 Å². The van der Waals surface area contributed by atoms with Crippen LogP contribution in [0.4, 0.5) is 0 Å². The maximum Gasteiger partial charge on any atom is 0.0832 e. The van der Waals surface area contributed by atoms with Crippen molar-refractivity contribution in [3.05, 3.63) is 34.9 Å². The first kappa shape index (κ1) is 12.6. The van der Waals surface area contributed by atoms with Crippen molar-refractivity contribution in [1.82, 2.24) is 0 Å². The van der Waals surface area contributed by atoms with Gasteiger partial charge in [-0.2, -0.15) is 0 Å². The summed E-state index contributed by atoms with van der Waals surface area (Å²) in [4.78, 5) is 0. The maximum absolute atomic E-state index is 6.37. The molecule has 2 heteroatoms. The van der Waals surface area contributed by atoms with Crippen LogP contribution < -0.4 is 5.73 Å². The summed E-state index contributed by atoms with van der Waals surface area (Å²) in [5.74, 6) is 0. The van der Waals surface area contributed by atoms with Crippen LogP contribution in [0.2, 0.25) is 0 Å². The molecule has 2 nitrogen and oxygen atoms in total. The monoisotopic (exact) mass is 233 g/mol. The van der Waals surface area contributed by atoms with Crippen molar-refractivity contribution in [2.24, 2.45) is 5.73 Å². The van der Waals surface area contributed by atoms with Gasteiger partial charge in [0.1, 0.15) is 0 Å². The molecule has 1 atom stereocenters. The molecule has 0 aromatic heterocycles. The van der Waals surface area contributed by atoms with E-state index < -0.39 is 0 Å². The second kappa shape index (κ2) is 4.79. The van der Waals surface area contributed by atoms with Crippen molar-refractivity contribution in [2.75, 3.05) is 7.11 Å². The van der Waals surface area contributed by atoms with E-state index in [1.165, 1.54) is 23.1 Å². The molecule has 94 valence electrons. The first-order valence-corrected chi connectivity index (χ1v) is 6.45. The van der Waals surface area contributed by atoms with Gasteiger partial charge < -0.3 is 10.5 Å². The summed E-state index contributed by atoms with van der Waals surface area (Å²) in [5.41, 5.74) is 10.4. The summed E-state index contributed by atoms with van der Waals surface area (Å²) < 4.78 is 5.66. The molecular formula is C15H23NO. The third-order valence-electron chi connectivity index (χ3n) is 4.35. The number of nitrogens with two attached hydrogens (primary N) is 1. The van der Waals surface area contributed by atoms with Crippen molar-refractivity contribution in [2.45, 2.75) is 51.2 Å². The summed E-state index contributed by atoms with van der Waals surface area (Å²) >= 11 is 0. The Morgan fingerprint density at radius 3 is 2.29 bits per heavy atom. The molecular weight excluding hydrogens is 210 g/mol. The second-order valence-electron chi connectivity index (χ2n) is 5.30. The van der Waals surface area contributed by atoms with Gasteiger partial charge in [-0.05, 0) is 56.2 Å². The first-order chi connectivity index (χ1) is 8.09. The number of rotatable bonds is 4. The maximum atomic E-state index is 6.37. The number of aryl methyl sites for hydroxylation is 2. The normalized spacial score (nSPS) is 19.8. The Hall–Kier alpha value is -0.860. The van der Waals surface area contributed by atoms with E-state index in [9.17, 15) is 0 Å². The fourth-order valence-corrected chi connectivity index (χ4v) is 2.83. The predicted octanol–water partition coefficient (Wildman–Crippen LogP) is 2.74. The Labute approximate surface area is 104 Å². The minimum Gasteiger partial charge on any atom is -0.377 e. The molecule has 1 aromatic carbocycles. The molecule has 0 heterocycles. The molecule has 0 bridgehead atoms. The van der Waals surface area contributed by atoms with Crippen LogP contribution in [0.25, 0.3) is 0 Å². The fourth-order valence-electron chi connectivity index (χ4n) is 2.83. The molecule has 17 heavy (non-hydrogen) atoms. The standard InChI is InChI=1S/C15H23NO/c1-11-6-4-7-12(2)13(11)10-14(16)15(17-3)8-5-9-15/h4,6-7,14H,5,8-10,16H2,1-3H3. The van der Waals surface area contributed by atoms with E-state index in [2.05, 4.69) is 32.0 Å². The average molecular weight is 233 g/mol. The first-order valence-electron chi connectivity index (χ1n) is 6.45. The summed E-state index contributed by atoms with van der Waals surface area (Å²) in [5, 5.41) is 0. The Bertz CT molecular complexity index is 370. The highest BCUT2D eigenvalue weighted by Crippen LogP contribution is 2.38. The molecule has 0 spiro atoms. The lowest BCUT2D eigenvalue weighted by molar-refractivity contribution is -0.0897. The van der Waals surface area contributed by atoms with Crippen LogP contribution in [0.1, 0.15) is 36.0 Å². The van der Waals surface area contributed by atoms with E-state index in [-0.39, 0.29) is 11.6 Å². The largest absolute Gasteiger partial charge is 0.377 e. The molecule has 1 saturated carbocycles. The predicted molar refractivity (Wildman–Crippen MR) is 71.2 cm³/mol. The molecule has 0 saturated heterocycles. The molecule has 1 unspecified atom stereocenters. The van der Waals surface area contributed by atoms with Gasteiger partial charge in [-0.25, -0.2) is 0 Å². The Kier molecular flexibility index (Phi) is 3.55. The third kappa shape index (κ3) is 2.24. The quantitative estimate of drug-likeness (QED) is 0.868. The highest BCUT2D eigenvalue weighted by molar-refractivity contribution is 5.34. The second-order valence-corrected chi connectivity index (χ2v) is 5.30. The van der Waals surface area contributed by atoms with Crippen LogP contribution in [0.15, 0.2) is 18.2 Å². The minimum atomic E-state index is -0.0608. The van der Waals surface area contributed by atoms with E-state index in [1.807, 2.05) is 0 Å². The third-order valence-corrected chi connectivity index (χ3v) is 4.35. The van der Waals surface area contributed by atoms with Crippen molar-refractivity contribution in [1.29, 1.82) is 0 Å². The Morgan fingerprint density at radius 1 is 1.29 bits per heavy atom. The smallest absolute Gasteiger partial charge is 0.0832 e. The molecule has 1 fully saturated rings. The minimum absolute atomic E-state index is 0.0608.